The van der Waals surface area contributed by atoms with Crippen molar-refractivity contribution >= 4 is 16.8 Å². The summed E-state index contributed by atoms with van der Waals surface area (Å²) in [4.78, 5) is 6.60. The molecule has 0 spiro atoms. The summed E-state index contributed by atoms with van der Waals surface area (Å²) in [7, 11) is 0. The van der Waals surface area contributed by atoms with E-state index in [0.29, 0.717) is 36.9 Å². The lowest BCUT2D eigenvalue weighted by Crippen LogP contribution is -2.43. The van der Waals surface area contributed by atoms with Crippen molar-refractivity contribution in [3.63, 3.8) is 0 Å². The quantitative estimate of drug-likeness (QED) is 0.789. The van der Waals surface area contributed by atoms with Crippen LogP contribution in [-0.4, -0.2) is 47.4 Å². The molecule has 6 heteroatoms. The Morgan fingerprint density at radius 2 is 2.37 bits per heavy atom. The number of nitrogen functional groups attached to an aromatic ring is 1. The average Bonchev–Trinajstić information content (AvgIpc) is 2.80. The van der Waals surface area contributed by atoms with Gasteiger partial charge in [-0.3, -0.25) is 4.90 Å². The zero-order valence-electron chi connectivity index (χ0n) is 10.6. The second-order valence-corrected chi connectivity index (χ2v) is 4.75. The number of nitrogens with two attached hydrogens (primary N) is 1. The lowest BCUT2D eigenvalue weighted by Gasteiger charge is -2.30. The largest absolute Gasteiger partial charge is 0.439 e. The van der Waals surface area contributed by atoms with Crippen LogP contribution < -0.4 is 5.73 Å². The first-order valence-electron chi connectivity index (χ1n) is 6.34. The Morgan fingerprint density at radius 3 is 3.21 bits per heavy atom. The standard InChI is InChI=1S/C13H17N3O3/c14-9-1-2-11-12(5-9)19-13(15-11)7-16-3-4-18-10(6-16)8-17/h1-2,5,10,17H,3-4,6-8,14H2. The number of oxazole rings is 1. The van der Waals surface area contributed by atoms with Crippen LogP contribution in [0.15, 0.2) is 22.6 Å². The maximum atomic E-state index is 9.12. The number of aliphatic hydroxyl groups is 1. The van der Waals surface area contributed by atoms with Gasteiger partial charge in [0.25, 0.3) is 0 Å². The Labute approximate surface area is 110 Å². The number of rotatable bonds is 3. The van der Waals surface area contributed by atoms with Gasteiger partial charge in [0.2, 0.25) is 5.89 Å². The third kappa shape index (κ3) is 2.70. The Kier molecular flexibility index (Phi) is 3.37. The van der Waals surface area contributed by atoms with Gasteiger partial charge in [0.15, 0.2) is 5.58 Å². The predicted octanol–water partition coefficient (Wildman–Crippen LogP) is 0.603. The minimum Gasteiger partial charge on any atom is -0.439 e. The first-order valence-corrected chi connectivity index (χ1v) is 6.34. The highest BCUT2D eigenvalue weighted by molar-refractivity contribution is 5.76. The number of hydrogen-bond acceptors (Lipinski definition) is 6. The van der Waals surface area contributed by atoms with Crippen LogP contribution in [0.3, 0.4) is 0 Å². The molecule has 0 amide bonds. The normalized spacial score (nSPS) is 21.0. The smallest absolute Gasteiger partial charge is 0.209 e. The van der Waals surface area contributed by atoms with Crippen LogP contribution in [-0.2, 0) is 11.3 Å². The summed E-state index contributed by atoms with van der Waals surface area (Å²) in [6.07, 6.45) is -0.117. The van der Waals surface area contributed by atoms with E-state index in [9.17, 15) is 0 Å². The molecule has 2 heterocycles. The monoisotopic (exact) mass is 263 g/mol. The zero-order valence-corrected chi connectivity index (χ0v) is 10.6. The molecule has 0 aliphatic carbocycles. The third-order valence-electron chi connectivity index (χ3n) is 3.24. The van der Waals surface area contributed by atoms with E-state index in [1.165, 1.54) is 0 Å². The fraction of sp³-hybridized carbons (Fsp3) is 0.462. The summed E-state index contributed by atoms with van der Waals surface area (Å²) in [6.45, 7) is 2.79. The van der Waals surface area contributed by atoms with Crippen molar-refractivity contribution < 1.29 is 14.3 Å². The molecule has 0 saturated carbocycles. The molecule has 1 aromatic heterocycles. The molecular formula is C13H17N3O3. The van der Waals surface area contributed by atoms with Gasteiger partial charge in [-0.25, -0.2) is 4.98 Å². The van der Waals surface area contributed by atoms with E-state index in [1.807, 2.05) is 12.1 Å². The van der Waals surface area contributed by atoms with Gasteiger partial charge in [-0.05, 0) is 12.1 Å². The van der Waals surface area contributed by atoms with Crippen LogP contribution in [0.4, 0.5) is 5.69 Å². The molecule has 0 radical (unpaired) electrons. The topological polar surface area (TPSA) is 84.8 Å². The summed E-state index contributed by atoms with van der Waals surface area (Å²) in [5.41, 5.74) is 7.91. The number of aromatic nitrogens is 1. The van der Waals surface area contributed by atoms with Crippen molar-refractivity contribution in [2.45, 2.75) is 12.6 Å². The van der Waals surface area contributed by atoms with Gasteiger partial charge < -0.3 is 20.0 Å². The molecule has 3 N–H and O–H groups in total. The highest BCUT2D eigenvalue weighted by Crippen LogP contribution is 2.19. The summed E-state index contributed by atoms with van der Waals surface area (Å²) in [6, 6.07) is 5.44. The molecule has 1 aromatic carbocycles. The lowest BCUT2D eigenvalue weighted by molar-refractivity contribution is -0.0567. The molecule has 1 atom stereocenters. The maximum absolute atomic E-state index is 9.12. The van der Waals surface area contributed by atoms with Gasteiger partial charge in [-0.2, -0.15) is 0 Å². The summed E-state index contributed by atoms with van der Waals surface area (Å²) < 4.78 is 11.1. The third-order valence-corrected chi connectivity index (χ3v) is 3.24. The Balaban J connectivity index is 1.74. The van der Waals surface area contributed by atoms with E-state index in [2.05, 4.69) is 9.88 Å². The van der Waals surface area contributed by atoms with E-state index in [1.54, 1.807) is 6.07 Å². The number of nitrogens with zero attached hydrogens (tertiary/aromatic N) is 2. The number of morpholine rings is 1. The van der Waals surface area contributed by atoms with Gasteiger partial charge in [-0.15, -0.1) is 0 Å². The highest BCUT2D eigenvalue weighted by Gasteiger charge is 2.21. The minimum absolute atomic E-state index is 0.0423. The Morgan fingerprint density at radius 1 is 1.47 bits per heavy atom. The zero-order chi connectivity index (χ0) is 13.2. The number of benzene rings is 1. The van der Waals surface area contributed by atoms with E-state index in [4.69, 9.17) is 20.0 Å². The van der Waals surface area contributed by atoms with Crippen LogP contribution >= 0.6 is 0 Å². The number of hydrogen-bond donors (Lipinski definition) is 2. The SMILES string of the molecule is Nc1ccc2nc(CN3CCOC(CO)C3)oc2c1. The molecule has 6 nitrogen and oxygen atoms in total. The van der Waals surface area contributed by atoms with E-state index in [0.717, 1.165) is 12.1 Å². The summed E-state index contributed by atoms with van der Waals surface area (Å²) in [5.74, 6) is 0.666. The van der Waals surface area contributed by atoms with Crippen molar-refractivity contribution in [2.24, 2.45) is 0 Å². The van der Waals surface area contributed by atoms with Crippen molar-refractivity contribution in [2.75, 3.05) is 32.0 Å². The first-order chi connectivity index (χ1) is 9.24. The molecular weight excluding hydrogens is 246 g/mol. The van der Waals surface area contributed by atoms with Gasteiger partial charge >= 0.3 is 0 Å². The number of ether oxygens (including phenoxy) is 1. The molecule has 1 fully saturated rings. The van der Waals surface area contributed by atoms with Crippen LogP contribution in [0.25, 0.3) is 11.1 Å². The average molecular weight is 263 g/mol. The van der Waals surface area contributed by atoms with Gasteiger partial charge in [0, 0.05) is 24.8 Å². The highest BCUT2D eigenvalue weighted by atomic mass is 16.5. The molecule has 1 aliphatic heterocycles. The van der Waals surface area contributed by atoms with Crippen LogP contribution in [0.1, 0.15) is 5.89 Å². The van der Waals surface area contributed by atoms with Gasteiger partial charge in [0.05, 0.1) is 25.9 Å². The van der Waals surface area contributed by atoms with Crippen LogP contribution in [0, 0.1) is 0 Å². The number of aliphatic hydroxyl groups excluding tert-OH is 1. The predicted molar refractivity (Wildman–Crippen MR) is 70.5 cm³/mol. The van der Waals surface area contributed by atoms with Crippen molar-refractivity contribution in [3.8, 4) is 0 Å². The second-order valence-electron chi connectivity index (χ2n) is 4.75. The van der Waals surface area contributed by atoms with Crippen molar-refractivity contribution in [1.82, 2.24) is 9.88 Å². The first kappa shape index (κ1) is 12.4. The molecule has 1 saturated heterocycles. The van der Waals surface area contributed by atoms with Crippen LogP contribution in [0.2, 0.25) is 0 Å². The lowest BCUT2D eigenvalue weighted by atomic mass is 10.3. The van der Waals surface area contributed by atoms with Gasteiger partial charge in [-0.1, -0.05) is 0 Å². The molecule has 2 aromatic rings. The van der Waals surface area contributed by atoms with Gasteiger partial charge in [0.1, 0.15) is 5.52 Å². The van der Waals surface area contributed by atoms with E-state index < -0.39 is 0 Å². The Bertz CT molecular complexity index is 569. The summed E-state index contributed by atoms with van der Waals surface area (Å²) >= 11 is 0. The molecule has 1 aliphatic rings. The maximum Gasteiger partial charge on any atom is 0.209 e. The van der Waals surface area contributed by atoms with E-state index >= 15 is 0 Å². The second kappa shape index (κ2) is 5.16. The molecule has 102 valence electrons. The number of anilines is 1. The Hall–Kier alpha value is -1.63. The number of fused-ring (bicyclic) bond motifs is 1. The molecule has 19 heavy (non-hydrogen) atoms. The fourth-order valence-electron chi connectivity index (χ4n) is 2.28. The fourth-order valence-corrected chi connectivity index (χ4v) is 2.28. The molecule has 3 rings (SSSR count). The van der Waals surface area contributed by atoms with Crippen LogP contribution in [0.5, 0.6) is 0 Å². The van der Waals surface area contributed by atoms with E-state index in [-0.39, 0.29) is 12.7 Å². The molecule has 1 unspecified atom stereocenters. The molecule has 0 bridgehead atoms. The van der Waals surface area contributed by atoms with Crippen molar-refractivity contribution in [3.05, 3.63) is 24.1 Å². The minimum atomic E-state index is -0.117. The summed E-state index contributed by atoms with van der Waals surface area (Å²) in [5, 5.41) is 9.12. The van der Waals surface area contributed by atoms with Crippen molar-refractivity contribution in [1.29, 1.82) is 0 Å².